The van der Waals surface area contributed by atoms with Crippen molar-refractivity contribution in [1.29, 1.82) is 0 Å². The molecule has 5 heteroatoms. The molecule has 0 aliphatic carbocycles. The number of imidazole rings is 1. The summed E-state index contributed by atoms with van der Waals surface area (Å²) in [5.74, 6) is 1.92. The Labute approximate surface area is 108 Å². The summed E-state index contributed by atoms with van der Waals surface area (Å²) in [5, 5.41) is 3.33. The first-order valence-electron chi connectivity index (χ1n) is 5.50. The Bertz CT molecular complexity index is 538. The molecule has 1 aliphatic heterocycles. The van der Waals surface area contributed by atoms with Crippen molar-refractivity contribution in [3.05, 3.63) is 40.4 Å². The zero-order chi connectivity index (χ0) is 11.7. The zero-order valence-electron chi connectivity index (χ0n) is 9.16. The van der Waals surface area contributed by atoms with E-state index < -0.39 is 0 Å². The van der Waals surface area contributed by atoms with Gasteiger partial charge < -0.3 is 15.0 Å². The highest BCUT2D eigenvalue weighted by Crippen LogP contribution is 2.27. The summed E-state index contributed by atoms with van der Waals surface area (Å²) in [6, 6.07) is 6.19. The van der Waals surface area contributed by atoms with Gasteiger partial charge in [0.1, 0.15) is 16.2 Å². The van der Waals surface area contributed by atoms with Gasteiger partial charge in [-0.3, -0.25) is 0 Å². The third kappa shape index (κ3) is 2.29. The van der Waals surface area contributed by atoms with Gasteiger partial charge in [0, 0.05) is 12.1 Å². The molecule has 0 atom stereocenters. The Hall–Kier alpha value is -1.49. The average Bonchev–Trinajstić information content (AvgIpc) is 2.94. The van der Waals surface area contributed by atoms with Gasteiger partial charge in [0.25, 0.3) is 0 Å². The topological polar surface area (TPSA) is 49.9 Å². The second kappa shape index (κ2) is 4.41. The van der Waals surface area contributed by atoms with Gasteiger partial charge in [-0.2, -0.15) is 0 Å². The molecule has 0 bridgehead atoms. The number of fused-ring (bicyclic) bond motifs is 1. The average molecular weight is 294 g/mol. The van der Waals surface area contributed by atoms with Crippen molar-refractivity contribution < 1.29 is 4.74 Å². The lowest BCUT2D eigenvalue weighted by Crippen LogP contribution is -2.01. The van der Waals surface area contributed by atoms with Gasteiger partial charge in [0.05, 0.1) is 19.3 Å². The highest BCUT2D eigenvalue weighted by Gasteiger charge is 2.11. The monoisotopic (exact) mass is 293 g/mol. The van der Waals surface area contributed by atoms with Crippen molar-refractivity contribution in [3.63, 3.8) is 0 Å². The Morgan fingerprint density at radius 2 is 2.41 bits per heavy atom. The van der Waals surface area contributed by atoms with Crippen molar-refractivity contribution in [2.45, 2.75) is 13.0 Å². The highest BCUT2D eigenvalue weighted by atomic mass is 79.9. The van der Waals surface area contributed by atoms with Crippen LogP contribution in [0.25, 0.3) is 0 Å². The molecule has 88 valence electrons. The molecule has 2 aromatic rings. The first-order chi connectivity index (χ1) is 8.31. The highest BCUT2D eigenvalue weighted by molar-refractivity contribution is 9.10. The molecule has 1 aliphatic rings. The largest absolute Gasteiger partial charge is 0.493 e. The number of rotatable bonds is 3. The minimum absolute atomic E-state index is 0.686. The molecule has 0 fully saturated rings. The Balaban J connectivity index is 1.69. The van der Waals surface area contributed by atoms with E-state index >= 15 is 0 Å². The molecule has 0 saturated heterocycles. The number of anilines is 1. The van der Waals surface area contributed by atoms with Crippen LogP contribution in [0.4, 0.5) is 5.69 Å². The molecule has 3 rings (SSSR count). The number of hydrogen-bond acceptors (Lipinski definition) is 3. The van der Waals surface area contributed by atoms with Crippen LogP contribution in [0, 0.1) is 0 Å². The number of aromatic nitrogens is 2. The molecular weight excluding hydrogens is 282 g/mol. The van der Waals surface area contributed by atoms with Crippen LogP contribution < -0.4 is 10.1 Å². The molecule has 0 amide bonds. The summed E-state index contributed by atoms with van der Waals surface area (Å²) >= 11 is 3.34. The van der Waals surface area contributed by atoms with Crippen molar-refractivity contribution >= 4 is 21.6 Å². The second-order valence-electron chi connectivity index (χ2n) is 3.95. The van der Waals surface area contributed by atoms with Crippen LogP contribution in [-0.4, -0.2) is 16.6 Å². The van der Waals surface area contributed by atoms with Gasteiger partial charge in [0.15, 0.2) is 0 Å². The number of halogens is 1. The van der Waals surface area contributed by atoms with E-state index in [2.05, 4.69) is 37.3 Å². The molecule has 2 N–H and O–H groups in total. The fraction of sp³-hybridized carbons (Fsp3) is 0.250. The summed E-state index contributed by atoms with van der Waals surface area (Å²) in [4.78, 5) is 7.33. The molecule has 17 heavy (non-hydrogen) atoms. The van der Waals surface area contributed by atoms with Crippen molar-refractivity contribution in [2.75, 3.05) is 11.9 Å². The van der Waals surface area contributed by atoms with E-state index in [-0.39, 0.29) is 0 Å². The molecule has 0 saturated carbocycles. The van der Waals surface area contributed by atoms with E-state index in [1.54, 1.807) is 6.20 Å². The summed E-state index contributed by atoms with van der Waals surface area (Å²) < 4.78 is 6.37. The Kier molecular flexibility index (Phi) is 2.76. The van der Waals surface area contributed by atoms with Gasteiger partial charge >= 0.3 is 0 Å². The molecule has 4 nitrogen and oxygen atoms in total. The molecule has 0 unspecified atom stereocenters. The molecular formula is C12H12BrN3O. The summed E-state index contributed by atoms with van der Waals surface area (Å²) in [7, 11) is 0. The lowest BCUT2D eigenvalue weighted by Gasteiger charge is -2.06. The lowest BCUT2D eigenvalue weighted by atomic mass is 10.1. The Morgan fingerprint density at radius 3 is 3.24 bits per heavy atom. The summed E-state index contributed by atoms with van der Waals surface area (Å²) in [6.45, 7) is 1.48. The van der Waals surface area contributed by atoms with E-state index in [9.17, 15) is 0 Å². The SMILES string of the molecule is Brc1cnc(CNc2ccc3c(c2)CCO3)[nH]1. The second-order valence-corrected chi connectivity index (χ2v) is 4.81. The molecule has 0 spiro atoms. The minimum Gasteiger partial charge on any atom is -0.493 e. The number of hydrogen-bond donors (Lipinski definition) is 2. The molecule has 2 heterocycles. The molecule has 0 radical (unpaired) electrons. The third-order valence-electron chi connectivity index (χ3n) is 2.75. The standard InChI is InChI=1S/C12H12BrN3O/c13-11-6-15-12(16-11)7-14-9-1-2-10-8(5-9)3-4-17-10/h1-2,5-6,14H,3-4,7H2,(H,15,16). The maximum absolute atomic E-state index is 5.47. The number of aromatic amines is 1. The maximum Gasteiger partial charge on any atom is 0.126 e. The van der Waals surface area contributed by atoms with E-state index in [0.29, 0.717) is 6.54 Å². The van der Waals surface area contributed by atoms with Crippen LogP contribution in [-0.2, 0) is 13.0 Å². The van der Waals surface area contributed by atoms with Crippen LogP contribution in [0.3, 0.4) is 0 Å². The molecule has 1 aromatic carbocycles. The predicted octanol–water partition coefficient (Wildman–Crippen LogP) is 2.72. The minimum atomic E-state index is 0.686. The van der Waals surface area contributed by atoms with Crippen molar-refractivity contribution in [2.24, 2.45) is 0 Å². The van der Waals surface area contributed by atoms with E-state index in [4.69, 9.17) is 4.74 Å². The van der Waals surface area contributed by atoms with Gasteiger partial charge in [-0.05, 0) is 39.7 Å². The summed E-state index contributed by atoms with van der Waals surface area (Å²) in [6.07, 6.45) is 2.75. The van der Waals surface area contributed by atoms with Crippen molar-refractivity contribution in [1.82, 2.24) is 9.97 Å². The summed E-state index contributed by atoms with van der Waals surface area (Å²) in [5.41, 5.74) is 2.37. The number of nitrogens with one attached hydrogen (secondary N) is 2. The van der Waals surface area contributed by atoms with Gasteiger partial charge in [-0.15, -0.1) is 0 Å². The van der Waals surface area contributed by atoms with Crippen LogP contribution in [0.1, 0.15) is 11.4 Å². The first kappa shape index (κ1) is 10.7. The third-order valence-corrected chi connectivity index (χ3v) is 3.15. The number of H-pyrrole nitrogens is 1. The number of nitrogens with zero attached hydrogens (tertiary/aromatic N) is 1. The lowest BCUT2D eigenvalue weighted by molar-refractivity contribution is 0.357. The van der Waals surface area contributed by atoms with E-state index in [1.165, 1.54) is 5.56 Å². The fourth-order valence-corrected chi connectivity index (χ4v) is 2.24. The fourth-order valence-electron chi connectivity index (χ4n) is 1.91. The number of benzene rings is 1. The van der Waals surface area contributed by atoms with Gasteiger partial charge in [-0.25, -0.2) is 4.98 Å². The smallest absolute Gasteiger partial charge is 0.126 e. The van der Waals surface area contributed by atoms with Crippen LogP contribution in [0.2, 0.25) is 0 Å². The quantitative estimate of drug-likeness (QED) is 0.915. The van der Waals surface area contributed by atoms with E-state index in [1.807, 2.05) is 12.1 Å². The molecule has 1 aromatic heterocycles. The predicted molar refractivity (Wildman–Crippen MR) is 69.3 cm³/mol. The van der Waals surface area contributed by atoms with Gasteiger partial charge in [0.2, 0.25) is 0 Å². The van der Waals surface area contributed by atoms with E-state index in [0.717, 1.165) is 34.9 Å². The first-order valence-corrected chi connectivity index (χ1v) is 6.29. The van der Waals surface area contributed by atoms with Crippen LogP contribution in [0.15, 0.2) is 29.0 Å². The maximum atomic E-state index is 5.47. The zero-order valence-corrected chi connectivity index (χ0v) is 10.8. The van der Waals surface area contributed by atoms with Gasteiger partial charge in [-0.1, -0.05) is 0 Å². The normalized spacial score (nSPS) is 13.2. The van der Waals surface area contributed by atoms with Crippen LogP contribution in [0.5, 0.6) is 5.75 Å². The number of ether oxygens (including phenoxy) is 1. The van der Waals surface area contributed by atoms with Crippen molar-refractivity contribution in [3.8, 4) is 5.75 Å². The Morgan fingerprint density at radius 1 is 1.47 bits per heavy atom. The van der Waals surface area contributed by atoms with Crippen LogP contribution >= 0.6 is 15.9 Å².